The lowest BCUT2D eigenvalue weighted by Gasteiger charge is -2.32. The normalized spacial score (nSPS) is 15.4. The Morgan fingerprint density at radius 2 is 1.23 bits per heavy atom. The minimum Gasteiger partial charge on any atom is -0.465 e. The van der Waals surface area contributed by atoms with Crippen LogP contribution in [-0.4, -0.2) is 25.2 Å². The number of esters is 2. The molecule has 4 nitrogen and oxygen atoms in total. The second-order valence-corrected chi connectivity index (χ2v) is 9.11. The summed E-state index contributed by atoms with van der Waals surface area (Å²) in [7, 11) is 0. The van der Waals surface area contributed by atoms with Crippen LogP contribution >= 0.6 is 0 Å². The Morgan fingerprint density at radius 1 is 0.818 bits per heavy atom. The summed E-state index contributed by atoms with van der Waals surface area (Å²) in [6.45, 7) is 18.3. The average molecular weight is 314 g/mol. The van der Waals surface area contributed by atoms with Gasteiger partial charge in [-0.2, -0.15) is 0 Å². The highest BCUT2D eigenvalue weighted by atomic mass is 16.5. The van der Waals surface area contributed by atoms with Crippen molar-refractivity contribution in [3.05, 3.63) is 0 Å². The Labute approximate surface area is 135 Å². The van der Waals surface area contributed by atoms with Crippen molar-refractivity contribution in [3.63, 3.8) is 0 Å². The van der Waals surface area contributed by atoms with Gasteiger partial charge in [-0.15, -0.1) is 0 Å². The van der Waals surface area contributed by atoms with Gasteiger partial charge in [-0.25, -0.2) is 0 Å². The number of hydrogen-bond donors (Lipinski definition) is 0. The first-order valence-corrected chi connectivity index (χ1v) is 8.00. The van der Waals surface area contributed by atoms with E-state index in [1.165, 1.54) is 0 Å². The van der Waals surface area contributed by atoms with E-state index in [-0.39, 0.29) is 35.1 Å². The van der Waals surface area contributed by atoms with Crippen molar-refractivity contribution in [2.24, 2.45) is 22.2 Å². The van der Waals surface area contributed by atoms with Gasteiger partial charge in [0.15, 0.2) is 0 Å². The Hall–Kier alpha value is -1.06. The quantitative estimate of drug-likeness (QED) is 0.689. The predicted octanol–water partition coefficient (Wildman–Crippen LogP) is 4.22. The molecule has 0 saturated heterocycles. The van der Waals surface area contributed by atoms with Crippen molar-refractivity contribution in [2.75, 3.05) is 13.2 Å². The van der Waals surface area contributed by atoms with Crippen LogP contribution in [0.25, 0.3) is 0 Å². The van der Waals surface area contributed by atoms with E-state index in [2.05, 4.69) is 0 Å². The van der Waals surface area contributed by atoms with Gasteiger partial charge < -0.3 is 9.47 Å². The molecule has 0 saturated carbocycles. The molecule has 0 spiro atoms. The van der Waals surface area contributed by atoms with Crippen LogP contribution in [0.15, 0.2) is 0 Å². The van der Waals surface area contributed by atoms with Crippen molar-refractivity contribution in [1.82, 2.24) is 0 Å². The Bertz CT molecular complexity index is 385. The molecule has 0 aromatic rings. The van der Waals surface area contributed by atoms with Crippen LogP contribution < -0.4 is 0 Å². The van der Waals surface area contributed by atoms with E-state index in [9.17, 15) is 9.59 Å². The summed E-state index contributed by atoms with van der Waals surface area (Å²) < 4.78 is 10.7. The van der Waals surface area contributed by atoms with E-state index < -0.39 is 5.41 Å². The predicted molar refractivity (Wildman–Crippen MR) is 88.4 cm³/mol. The summed E-state index contributed by atoms with van der Waals surface area (Å²) in [5, 5.41) is 0. The fraction of sp³-hybridized carbons (Fsp3) is 0.889. The molecule has 0 aromatic carbocycles. The van der Waals surface area contributed by atoms with Gasteiger partial charge in [-0.3, -0.25) is 9.59 Å². The first-order chi connectivity index (χ1) is 9.67. The Kier molecular flexibility index (Phi) is 7.11. The first-order valence-electron chi connectivity index (χ1n) is 8.00. The molecular weight excluding hydrogens is 280 g/mol. The van der Waals surface area contributed by atoms with E-state index in [1.54, 1.807) is 6.92 Å². The molecule has 0 aromatic heterocycles. The molecule has 0 fully saturated rings. The summed E-state index contributed by atoms with van der Waals surface area (Å²) in [5.41, 5.74) is -1.04. The van der Waals surface area contributed by atoms with Crippen molar-refractivity contribution < 1.29 is 19.1 Å². The number of carbonyl (C=O) groups is 2. The van der Waals surface area contributed by atoms with Crippen LogP contribution in [-0.2, 0) is 19.1 Å². The maximum Gasteiger partial charge on any atom is 0.312 e. The minimum absolute atomic E-state index is 0.0119. The molecule has 0 amide bonds. The third-order valence-corrected chi connectivity index (χ3v) is 3.55. The second kappa shape index (κ2) is 7.47. The fourth-order valence-electron chi connectivity index (χ4n) is 1.61. The zero-order valence-corrected chi connectivity index (χ0v) is 15.8. The average Bonchev–Trinajstić information content (AvgIpc) is 2.31. The Morgan fingerprint density at radius 3 is 1.59 bits per heavy atom. The van der Waals surface area contributed by atoms with Crippen LogP contribution in [0.4, 0.5) is 0 Å². The van der Waals surface area contributed by atoms with Crippen LogP contribution in [0.5, 0.6) is 0 Å². The molecule has 0 bridgehead atoms. The van der Waals surface area contributed by atoms with Crippen molar-refractivity contribution >= 4 is 11.9 Å². The highest BCUT2D eigenvalue weighted by molar-refractivity contribution is 5.83. The molecule has 130 valence electrons. The van der Waals surface area contributed by atoms with Crippen LogP contribution in [0, 0.1) is 22.2 Å². The molecule has 0 aliphatic rings. The van der Waals surface area contributed by atoms with E-state index >= 15 is 0 Å². The maximum atomic E-state index is 12.5. The lowest BCUT2D eigenvalue weighted by Crippen LogP contribution is -2.39. The summed E-state index contributed by atoms with van der Waals surface area (Å²) in [4.78, 5) is 24.5. The number of ether oxygens (including phenoxy) is 2. The highest BCUT2D eigenvalue weighted by Gasteiger charge is 2.41. The van der Waals surface area contributed by atoms with Crippen molar-refractivity contribution in [2.45, 2.75) is 68.7 Å². The monoisotopic (exact) mass is 314 g/mol. The molecule has 0 N–H and O–H groups in total. The Balaban J connectivity index is 4.81. The smallest absolute Gasteiger partial charge is 0.312 e. The third kappa shape index (κ3) is 7.81. The third-order valence-electron chi connectivity index (χ3n) is 3.55. The second-order valence-electron chi connectivity index (χ2n) is 9.11. The van der Waals surface area contributed by atoms with Gasteiger partial charge in [0.2, 0.25) is 0 Å². The fourth-order valence-corrected chi connectivity index (χ4v) is 1.61. The molecule has 0 heterocycles. The van der Waals surface area contributed by atoms with Gasteiger partial charge in [-0.05, 0) is 23.7 Å². The summed E-state index contributed by atoms with van der Waals surface area (Å²) in [5.74, 6) is -0.689. The highest BCUT2D eigenvalue weighted by Crippen LogP contribution is 2.34. The van der Waals surface area contributed by atoms with Crippen molar-refractivity contribution in [1.29, 1.82) is 0 Å². The molecule has 0 aliphatic heterocycles. The molecule has 1 unspecified atom stereocenters. The lowest BCUT2D eigenvalue weighted by atomic mass is 9.76. The van der Waals surface area contributed by atoms with Gasteiger partial charge in [0, 0.05) is 0 Å². The molecule has 1 atom stereocenters. The molecular formula is C18H34O4. The minimum atomic E-state index is -0.861. The zero-order chi connectivity index (χ0) is 17.8. The molecule has 0 rings (SSSR count). The topological polar surface area (TPSA) is 52.6 Å². The summed E-state index contributed by atoms with van der Waals surface area (Å²) >= 11 is 0. The van der Waals surface area contributed by atoms with Gasteiger partial charge in [0.25, 0.3) is 0 Å². The molecule has 0 aliphatic carbocycles. The van der Waals surface area contributed by atoms with Crippen LogP contribution in [0.2, 0.25) is 0 Å². The summed E-state index contributed by atoms with van der Waals surface area (Å²) in [6, 6.07) is 0. The van der Waals surface area contributed by atoms with Crippen LogP contribution in [0.1, 0.15) is 68.7 Å². The van der Waals surface area contributed by atoms with Crippen molar-refractivity contribution in [3.8, 4) is 0 Å². The van der Waals surface area contributed by atoms with Crippen LogP contribution in [0.3, 0.4) is 0 Å². The largest absolute Gasteiger partial charge is 0.465 e. The van der Waals surface area contributed by atoms with Gasteiger partial charge >= 0.3 is 11.9 Å². The number of hydrogen-bond acceptors (Lipinski definition) is 4. The van der Waals surface area contributed by atoms with Gasteiger partial charge in [0.05, 0.1) is 25.0 Å². The molecule has 0 radical (unpaired) electrons. The van der Waals surface area contributed by atoms with E-state index in [4.69, 9.17) is 9.47 Å². The lowest BCUT2D eigenvalue weighted by molar-refractivity contribution is -0.167. The van der Waals surface area contributed by atoms with Gasteiger partial charge in [-0.1, -0.05) is 55.4 Å². The maximum absolute atomic E-state index is 12.5. The van der Waals surface area contributed by atoms with E-state index in [0.29, 0.717) is 13.2 Å². The van der Waals surface area contributed by atoms with E-state index in [0.717, 1.165) is 0 Å². The van der Waals surface area contributed by atoms with Gasteiger partial charge in [0.1, 0.15) is 0 Å². The number of carbonyl (C=O) groups excluding carboxylic acids is 2. The SMILES string of the molecule is CC(C)C(C)(CC(=O)OCC(C)(C)C)C(=O)OCC(C)(C)C. The number of rotatable bonds is 6. The molecule has 22 heavy (non-hydrogen) atoms. The first kappa shape index (κ1) is 20.9. The zero-order valence-electron chi connectivity index (χ0n) is 15.8. The molecule has 4 heteroatoms. The summed E-state index contributed by atoms with van der Waals surface area (Å²) in [6.07, 6.45) is 0.0454. The van der Waals surface area contributed by atoms with E-state index in [1.807, 2.05) is 55.4 Å². The standard InChI is InChI=1S/C18H34O4/c1-13(2)18(9,15(20)22-12-17(6,7)8)10-14(19)21-11-16(3,4)5/h13H,10-12H2,1-9H3.